The number of halogens is 1. The number of Topliss-reactive ketones (excluding diaryl/α,β-unsaturated/α-hetero) is 1. The first-order chi connectivity index (χ1) is 12.0. The lowest BCUT2D eigenvalue weighted by Gasteiger charge is -2.28. The van der Waals surface area contributed by atoms with Crippen LogP contribution in [0.15, 0.2) is 69.6 Å². The highest BCUT2D eigenvalue weighted by molar-refractivity contribution is 7.99. The molecule has 1 heterocycles. The van der Waals surface area contributed by atoms with Crippen LogP contribution in [-0.4, -0.2) is 11.8 Å². The van der Waals surface area contributed by atoms with Gasteiger partial charge in [-0.05, 0) is 43.7 Å². The molecule has 4 nitrogen and oxygen atoms in total. The molecule has 6 heteroatoms. The molecule has 2 N–H and O–H groups in total. The SMILES string of the molecule is CC(=O)C1=C(C)NC(=O)NC1c1ccc(Sc2ccccc2F)cc1. The molecule has 0 aromatic heterocycles. The lowest BCUT2D eigenvalue weighted by molar-refractivity contribution is -0.114. The summed E-state index contributed by atoms with van der Waals surface area (Å²) in [5, 5.41) is 5.40. The molecule has 1 aliphatic rings. The zero-order valence-electron chi connectivity index (χ0n) is 13.8. The van der Waals surface area contributed by atoms with Gasteiger partial charge in [-0.2, -0.15) is 0 Å². The average molecular weight is 356 g/mol. The smallest absolute Gasteiger partial charge is 0.319 e. The maximum absolute atomic E-state index is 13.8. The maximum atomic E-state index is 13.8. The van der Waals surface area contributed by atoms with Gasteiger partial charge in [-0.25, -0.2) is 9.18 Å². The van der Waals surface area contributed by atoms with Gasteiger partial charge in [0.1, 0.15) is 5.82 Å². The van der Waals surface area contributed by atoms with Gasteiger partial charge >= 0.3 is 6.03 Å². The fourth-order valence-electron chi connectivity index (χ4n) is 2.79. The lowest BCUT2D eigenvalue weighted by atomic mass is 9.93. The molecule has 3 rings (SSSR count). The molecule has 0 bridgehead atoms. The predicted molar refractivity (Wildman–Crippen MR) is 94.8 cm³/mol. The average Bonchev–Trinajstić information content (AvgIpc) is 2.56. The standard InChI is InChI=1S/C19H17FN2O2S/c1-11-17(12(2)23)18(22-19(24)21-11)13-7-9-14(10-8-13)25-16-6-4-3-5-15(16)20/h3-10,18H,1-2H3,(H2,21,22,24). The monoisotopic (exact) mass is 356 g/mol. The summed E-state index contributed by atoms with van der Waals surface area (Å²) in [6, 6.07) is 13.2. The highest BCUT2D eigenvalue weighted by atomic mass is 32.2. The quantitative estimate of drug-likeness (QED) is 0.863. The minimum atomic E-state index is -0.487. The summed E-state index contributed by atoms with van der Waals surface area (Å²) >= 11 is 1.32. The largest absolute Gasteiger partial charge is 0.327 e. The van der Waals surface area contributed by atoms with E-state index < -0.39 is 6.04 Å². The second kappa shape index (κ2) is 7.11. The molecule has 2 aromatic carbocycles. The molecule has 25 heavy (non-hydrogen) atoms. The van der Waals surface area contributed by atoms with Crippen LogP contribution in [0.5, 0.6) is 0 Å². The van der Waals surface area contributed by atoms with E-state index in [2.05, 4.69) is 10.6 Å². The zero-order valence-corrected chi connectivity index (χ0v) is 14.6. The molecule has 0 saturated heterocycles. The third-order valence-electron chi connectivity index (χ3n) is 3.93. The van der Waals surface area contributed by atoms with E-state index in [1.165, 1.54) is 24.8 Å². The molecule has 0 fully saturated rings. The van der Waals surface area contributed by atoms with Crippen molar-refractivity contribution in [3.63, 3.8) is 0 Å². The first kappa shape index (κ1) is 17.2. The van der Waals surface area contributed by atoms with Gasteiger partial charge in [0.2, 0.25) is 0 Å². The van der Waals surface area contributed by atoms with Crippen molar-refractivity contribution < 1.29 is 14.0 Å². The van der Waals surface area contributed by atoms with E-state index in [4.69, 9.17) is 0 Å². The Morgan fingerprint density at radius 2 is 1.80 bits per heavy atom. The van der Waals surface area contributed by atoms with Crippen LogP contribution < -0.4 is 10.6 Å². The zero-order chi connectivity index (χ0) is 18.0. The van der Waals surface area contributed by atoms with E-state index in [1.54, 1.807) is 25.1 Å². The number of amides is 2. The maximum Gasteiger partial charge on any atom is 0.319 e. The van der Waals surface area contributed by atoms with Gasteiger partial charge in [0, 0.05) is 21.1 Å². The summed E-state index contributed by atoms with van der Waals surface area (Å²) in [6.07, 6.45) is 0. The molecule has 1 atom stereocenters. The molecular weight excluding hydrogens is 339 g/mol. The van der Waals surface area contributed by atoms with Gasteiger partial charge < -0.3 is 10.6 Å². The van der Waals surface area contributed by atoms with Gasteiger partial charge in [-0.15, -0.1) is 0 Å². The lowest BCUT2D eigenvalue weighted by Crippen LogP contribution is -2.44. The number of allylic oxidation sites excluding steroid dienone is 1. The Balaban J connectivity index is 1.87. The Labute approximate surface area is 149 Å². The Bertz CT molecular complexity index is 862. The van der Waals surface area contributed by atoms with Gasteiger partial charge in [0.25, 0.3) is 0 Å². The number of ketones is 1. The van der Waals surface area contributed by atoms with Gasteiger partial charge in [-0.3, -0.25) is 4.79 Å². The Hall–Kier alpha value is -2.60. The molecule has 1 aliphatic heterocycles. The van der Waals surface area contributed by atoms with Gasteiger partial charge in [0.05, 0.1) is 6.04 Å². The number of urea groups is 1. The molecule has 2 amide bonds. The fraction of sp³-hybridized carbons (Fsp3) is 0.158. The Kier molecular flexibility index (Phi) is 4.90. The van der Waals surface area contributed by atoms with Crippen molar-refractivity contribution in [2.24, 2.45) is 0 Å². The molecular formula is C19H17FN2O2S. The topological polar surface area (TPSA) is 58.2 Å². The first-order valence-corrected chi connectivity index (χ1v) is 8.59. The highest BCUT2D eigenvalue weighted by Crippen LogP contribution is 2.32. The van der Waals surface area contributed by atoms with Crippen LogP contribution in [0.2, 0.25) is 0 Å². The van der Waals surface area contributed by atoms with Crippen LogP contribution in [0.1, 0.15) is 25.5 Å². The number of hydrogen-bond donors (Lipinski definition) is 2. The predicted octanol–water partition coefficient (Wildman–Crippen LogP) is 4.19. The summed E-state index contributed by atoms with van der Waals surface area (Å²) in [6.45, 7) is 3.19. The van der Waals surface area contributed by atoms with Crippen molar-refractivity contribution in [2.45, 2.75) is 29.7 Å². The van der Waals surface area contributed by atoms with Crippen LogP contribution in [0.25, 0.3) is 0 Å². The first-order valence-electron chi connectivity index (χ1n) is 7.77. The Morgan fingerprint density at radius 3 is 2.44 bits per heavy atom. The second-order valence-corrected chi connectivity index (χ2v) is 6.84. The second-order valence-electron chi connectivity index (χ2n) is 5.73. The summed E-state index contributed by atoms with van der Waals surface area (Å²) in [5.41, 5.74) is 1.90. The van der Waals surface area contributed by atoms with Crippen molar-refractivity contribution >= 4 is 23.6 Å². The van der Waals surface area contributed by atoms with E-state index in [9.17, 15) is 14.0 Å². The number of rotatable bonds is 4. The number of nitrogens with one attached hydrogen (secondary N) is 2. The third kappa shape index (κ3) is 3.74. The van der Waals surface area contributed by atoms with E-state index in [0.29, 0.717) is 16.2 Å². The summed E-state index contributed by atoms with van der Waals surface area (Å²) in [5.74, 6) is -0.362. The summed E-state index contributed by atoms with van der Waals surface area (Å²) < 4.78 is 13.8. The van der Waals surface area contributed by atoms with Gasteiger partial charge in [0.15, 0.2) is 5.78 Å². The Morgan fingerprint density at radius 1 is 1.12 bits per heavy atom. The summed E-state index contributed by atoms with van der Waals surface area (Å²) in [4.78, 5) is 25.1. The van der Waals surface area contributed by atoms with E-state index in [0.717, 1.165) is 10.5 Å². The molecule has 1 unspecified atom stereocenters. The normalized spacial score (nSPS) is 17.1. The molecule has 2 aromatic rings. The van der Waals surface area contributed by atoms with E-state index in [1.807, 2.05) is 24.3 Å². The fourth-order valence-corrected chi connectivity index (χ4v) is 3.63. The molecule has 128 valence electrons. The molecule has 0 saturated carbocycles. The number of carbonyl (C=O) groups is 2. The molecule has 0 aliphatic carbocycles. The van der Waals surface area contributed by atoms with Crippen LogP contribution in [0, 0.1) is 5.82 Å². The highest BCUT2D eigenvalue weighted by Gasteiger charge is 2.28. The molecule has 0 radical (unpaired) electrons. The number of hydrogen-bond acceptors (Lipinski definition) is 3. The minimum Gasteiger partial charge on any atom is -0.327 e. The van der Waals surface area contributed by atoms with Crippen molar-refractivity contribution in [3.8, 4) is 0 Å². The van der Waals surface area contributed by atoms with Crippen LogP contribution in [0.4, 0.5) is 9.18 Å². The minimum absolute atomic E-state index is 0.0974. The molecule has 0 spiro atoms. The van der Waals surface area contributed by atoms with Crippen molar-refractivity contribution in [1.29, 1.82) is 0 Å². The van der Waals surface area contributed by atoms with Crippen LogP contribution in [-0.2, 0) is 4.79 Å². The number of carbonyl (C=O) groups excluding carboxylic acids is 2. The van der Waals surface area contributed by atoms with Crippen molar-refractivity contribution in [2.75, 3.05) is 0 Å². The van der Waals surface area contributed by atoms with E-state index >= 15 is 0 Å². The van der Waals surface area contributed by atoms with Crippen molar-refractivity contribution in [3.05, 3.63) is 71.2 Å². The van der Waals surface area contributed by atoms with Crippen LogP contribution in [0.3, 0.4) is 0 Å². The van der Waals surface area contributed by atoms with Crippen LogP contribution >= 0.6 is 11.8 Å². The van der Waals surface area contributed by atoms with Crippen molar-refractivity contribution in [1.82, 2.24) is 10.6 Å². The van der Waals surface area contributed by atoms with E-state index in [-0.39, 0.29) is 17.6 Å². The number of benzene rings is 2. The van der Waals surface area contributed by atoms with Gasteiger partial charge in [-0.1, -0.05) is 36.0 Å². The summed E-state index contributed by atoms with van der Waals surface area (Å²) in [7, 11) is 0. The third-order valence-corrected chi connectivity index (χ3v) is 4.99.